The molecule has 0 unspecified atom stereocenters. The summed E-state index contributed by atoms with van der Waals surface area (Å²) in [5, 5.41) is 0. The fourth-order valence-electron chi connectivity index (χ4n) is 1.62. The first kappa shape index (κ1) is 19.3. The van der Waals surface area contributed by atoms with Gasteiger partial charge in [0.1, 0.15) is 0 Å². The molecule has 0 saturated carbocycles. The van der Waals surface area contributed by atoms with Gasteiger partial charge in [0.15, 0.2) is 0 Å². The monoisotopic (exact) mass is 385 g/mol. The average molecular weight is 385 g/mol. The summed E-state index contributed by atoms with van der Waals surface area (Å²) in [6.07, 6.45) is 7.77. The van der Waals surface area contributed by atoms with Crippen LogP contribution in [0.1, 0.15) is 31.7 Å². The number of hydrogen-bond donors (Lipinski definition) is 0. The van der Waals surface area contributed by atoms with Crippen LogP contribution < -0.4 is 4.46 Å². The van der Waals surface area contributed by atoms with Crippen LogP contribution in [0, 0.1) is 0 Å². The SMILES string of the molecule is CC(C)c1cccc[c]1[Fe][C]1=CC=CC1.F[P-](F)(F)(F)(F)F. The molecule has 8 heteroatoms. The van der Waals surface area contributed by atoms with Gasteiger partial charge in [-0.3, -0.25) is 0 Å². The quantitative estimate of drug-likeness (QED) is 0.307. The molecule has 0 aliphatic heterocycles. The molecule has 1 aromatic rings. The third kappa shape index (κ3) is 10.0. The van der Waals surface area contributed by atoms with Gasteiger partial charge in [-0.25, -0.2) is 0 Å². The second-order valence-corrected chi connectivity index (χ2v) is 8.44. The van der Waals surface area contributed by atoms with Crippen LogP contribution in [0.25, 0.3) is 0 Å². The van der Waals surface area contributed by atoms with E-state index in [9.17, 15) is 25.2 Å². The van der Waals surface area contributed by atoms with Crippen molar-refractivity contribution in [2.24, 2.45) is 0 Å². The Morgan fingerprint density at radius 3 is 2.00 bits per heavy atom. The van der Waals surface area contributed by atoms with Gasteiger partial charge >= 0.3 is 131 Å². The van der Waals surface area contributed by atoms with Crippen molar-refractivity contribution in [2.75, 3.05) is 0 Å². The van der Waals surface area contributed by atoms with Crippen LogP contribution in [-0.4, -0.2) is 0 Å². The van der Waals surface area contributed by atoms with Crippen molar-refractivity contribution >= 4 is 12.3 Å². The second-order valence-electron chi connectivity index (χ2n) is 4.94. The Labute approximate surface area is 131 Å². The van der Waals surface area contributed by atoms with E-state index >= 15 is 0 Å². The standard InChI is InChI=1S/C9H11.C5H5.F6P.Fe/c1-8(2)9-6-4-3-5-7-9;1-2-4-5-3-1;1-7(2,3,4,5)6;/h3-6,8H,1-2H3;1-3H,4H2;;/q;;-1;. The predicted molar refractivity (Wildman–Crippen MR) is 75.6 cm³/mol. The summed E-state index contributed by atoms with van der Waals surface area (Å²) in [7, 11) is -10.7. The first-order valence-electron chi connectivity index (χ1n) is 6.36. The van der Waals surface area contributed by atoms with E-state index < -0.39 is 7.81 Å². The summed E-state index contributed by atoms with van der Waals surface area (Å²) >= 11 is 1.11. The Kier molecular flexibility index (Phi) is 5.28. The van der Waals surface area contributed by atoms with Gasteiger partial charge in [0.2, 0.25) is 0 Å². The van der Waals surface area contributed by atoms with Gasteiger partial charge in [-0.05, 0) is 0 Å². The molecule has 0 fully saturated rings. The van der Waals surface area contributed by atoms with E-state index in [1.807, 2.05) is 0 Å². The minimum absolute atomic E-state index is 0.621. The first-order valence-corrected chi connectivity index (χ1v) is 9.49. The predicted octanol–water partition coefficient (Wildman–Crippen LogP) is 6.74. The van der Waals surface area contributed by atoms with Gasteiger partial charge in [-0.15, -0.1) is 0 Å². The summed E-state index contributed by atoms with van der Waals surface area (Å²) in [5.74, 6) is 0.621. The molecule has 0 aromatic heterocycles. The Hall–Kier alpha value is -0.771. The fourth-order valence-corrected chi connectivity index (χ4v) is 3.21. The summed E-state index contributed by atoms with van der Waals surface area (Å²) in [6, 6.07) is 8.79. The third-order valence-electron chi connectivity index (χ3n) is 2.44. The third-order valence-corrected chi connectivity index (χ3v) is 4.01. The number of rotatable bonds is 3. The van der Waals surface area contributed by atoms with Gasteiger partial charge in [-0.2, -0.15) is 0 Å². The van der Waals surface area contributed by atoms with E-state index in [0.29, 0.717) is 5.92 Å². The normalized spacial score (nSPS) is 17.6. The molecule has 0 heterocycles. The Bertz CT molecular complexity index is 575. The van der Waals surface area contributed by atoms with Gasteiger partial charge in [0.25, 0.3) is 0 Å². The molecule has 22 heavy (non-hydrogen) atoms. The fraction of sp³-hybridized carbons (Fsp3) is 0.286. The zero-order valence-corrected chi connectivity index (χ0v) is 13.9. The summed E-state index contributed by atoms with van der Waals surface area (Å²) in [6.45, 7) is 4.53. The minimum atomic E-state index is -10.7. The van der Waals surface area contributed by atoms with Gasteiger partial charge in [0.05, 0.1) is 0 Å². The van der Waals surface area contributed by atoms with Crippen LogP contribution in [-0.2, 0) is 15.0 Å². The molecule has 0 spiro atoms. The average Bonchev–Trinajstić information content (AvgIpc) is 2.78. The second kappa shape index (κ2) is 6.03. The number of benzene rings is 1. The molecule has 0 radical (unpaired) electrons. The molecule has 0 bridgehead atoms. The van der Waals surface area contributed by atoms with E-state index in [0.717, 1.165) is 21.4 Å². The molecule has 1 aliphatic rings. The van der Waals surface area contributed by atoms with Crippen LogP contribution in [0.15, 0.2) is 47.0 Å². The molecule has 2 rings (SSSR count). The maximum absolute atomic E-state index is 10.7. The van der Waals surface area contributed by atoms with E-state index in [2.05, 4.69) is 56.3 Å². The number of halogens is 6. The number of hydrogen-bond acceptors (Lipinski definition) is 0. The molecule has 128 valence electrons. The van der Waals surface area contributed by atoms with E-state index in [1.54, 1.807) is 0 Å². The molecule has 0 saturated heterocycles. The molecule has 0 atom stereocenters. The van der Waals surface area contributed by atoms with Gasteiger partial charge < -0.3 is 0 Å². The molecular weight excluding hydrogens is 369 g/mol. The van der Waals surface area contributed by atoms with Crippen molar-refractivity contribution in [3.05, 3.63) is 52.5 Å². The topological polar surface area (TPSA) is 0 Å². The Morgan fingerprint density at radius 1 is 1.00 bits per heavy atom. The molecule has 0 nitrogen and oxygen atoms in total. The van der Waals surface area contributed by atoms with Crippen LogP contribution in [0.2, 0.25) is 0 Å². The van der Waals surface area contributed by atoms with Crippen LogP contribution in [0.3, 0.4) is 0 Å². The molecular formula is C14H16F6FeP-. The van der Waals surface area contributed by atoms with Crippen molar-refractivity contribution in [1.82, 2.24) is 0 Å². The first-order chi connectivity index (χ1) is 9.72. The molecule has 1 aromatic carbocycles. The van der Waals surface area contributed by atoms with E-state index in [1.165, 1.54) is 14.5 Å². The Balaban J connectivity index is 0.000000295. The van der Waals surface area contributed by atoms with Crippen molar-refractivity contribution in [1.29, 1.82) is 0 Å². The summed E-state index contributed by atoms with van der Waals surface area (Å²) < 4.78 is 62.2. The van der Waals surface area contributed by atoms with Crippen molar-refractivity contribution < 1.29 is 40.1 Å². The van der Waals surface area contributed by atoms with Crippen LogP contribution in [0.4, 0.5) is 25.2 Å². The van der Waals surface area contributed by atoms with Crippen LogP contribution in [0.5, 0.6) is 0 Å². The van der Waals surface area contributed by atoms with Crippen molar-refractivity contribution in [3.63, 3.8) is 0 Å². The zero-order valence-electron chi connectivity index (χ0n) is 11.9. The summed E-state index contributed by atoms with van der Waals surface area (Å²) in [4.78, 5) is 0. The van der Waals surface area contributed by atoms with E-state index in [4.69, 9.17) is 0 Å². The molecule has 0 N–H and O–H groups in total. The van der Waals surface area contributed by atoms with Crippen molar-refractivity contribution in [3.8, 4) is 0 Å². The number of allylic oxidation sites excluding steroid dienone is 4. The summed E-state index contributed by atoms with van der Waals surface area (Å²) in [5.41, 5.74) is 1.49. The van der Waals surface area contributed by atoms with Crippen LogP contribution >= 0.6 is 7.81 Å². The molecule has 1 aliphatic carbocycles. The van der Waals surface area contributed by atoms with Crippen molar-refractivity contribution in [2.45, 2.75) is 26.2 Å². The van der Waals surface area contributed by atoms with E-state index in [-0.39, 0.29) is 0 Å². The maximum atomic E-state index is 9.87. The Morgan fingerprint density at radius 2 is 1.55 bits per heavy atom. The van der Waals surface area contributed by atoms with Gasteiger partial charge in [-0.1, -0.05) is 0 Å². The zero-order chi connectivity index (χ0) is 17.1. The molecule has 0 amide bonds. The van der Waals surface area contributed by atoms with Gasteiger partial charge in [0, 0.05) is 0 Å².